The molecule has 0 aromatic rings. The first-order valence-electron chi connectivity index (χ1n) is 3.77. The van der Waals surface area contributed by atoms with Gasteiger partial charge >= 0.3 is 0 Å². The number of rotatable bonds is 4. The van der Waals surface area contributed by atoms with Gasteiger partial charge in [0.25, 0.3) is 0 Å². The molecule has 0 fully saturated rings. The van der Waals surface area contributed by atoms with E-state index in [4.69, 9.17) is 5.11 Å². The molecular formula is C8H16O2. The van der Waals surface area contributed by atoms with Gasteiger partial charge in [0.2, 0.25) is 0 Å². The van der Waals surface area contributed by atoms with E-state index >= 15 is 0 Å². The molecule has 1 N–H and O–H groups in total. The van der Waals surface area contributed by atoms with E-state index in [0.717, 1.165) is 0 Å². The molecule has 60 valence electrons. The maximum Gasteiger partial charge on any atom is 0.133 e. The molecule has 0 saturated carbocycles. The molecule has 10 heavy (non-hydrogen) atoms. The van der Waals surface area contributed by atoms with Crippen LogP contribution in [0.2, 0.25) is 0 Å². The van der Waals surface area contributed by atoms with E-state index in [0.29, 0.717) is 12.8 Å². The van der Waals surface area contributed by atoms with Gasteiger partial charge in [-0.1, -0.05) is 13.8 Å². The summed E-state index contributed by atoms with van der Waals surface area (Å²) in [7, 11) is 0. The molecule has 0 aliphatic heterocycles. The fraction of sp³-hybridized carbons (Fsp3) is 0.875. The maximum absolute atomic E-state index is 10.8. The average molecular weight is 144 g/mol. The topological polar surface area (TPSA) is 37.3 Å². The Balaban J connectivity index is 3.57. The fourth-order valence-corrected chi connectivity index (χ4v) is 0.674. The fourth-order valence-electron chi connectivity index (χ4n) is 0.674. The molecule has 0 aromatic carbocycles. The van der Waals surface area contributed by atoms with Crippen LogP contribution >= 0.6 is 0 Å². The molecule has 0 aromatic heterocycles. The van der Waals surface area contributed by atoms with E-state index in [-0.39, 0.29) is 17.8 Å². The summed E-state index contributed by atoms with van der Waals surface area (Å²) < 4.78 is 0. The van der Waals surface area contributed by atoms with Crippen LogP contribution in [-0.4, -0.2) is 17.0 Å². The van der Waals surface area contributed by atoms with Gasteiger partial charge in [0.15, 0.2) is 0 Å². The van der Waals surface area contributed by atoms with Crippen LogP contribution in [0.3, 0.4) is 0 Å². The predicted octanol–water partition coefficient (Wildman–Crippen LogP) is 1.37. The zero-order valence-corrected chi connectivity index (χ0v) is 6.92. The van der Waals surface area contributed by atoms with Crippen LogP contribution in [0.4, 0.5) is 0 Å². The molecule has 2 atom stereocenters. The first kappa shape index (κ1) is 9.63. The Morgan fingerprint density at radius 1 is 1.50 bits per heavy atom. The molecule has 2 nitrogen and oxygen atoms in total. The van der Waals surface area contributed by atoms with Crippen molar-refractivity contribution in [3.05, 3.63) is 0 Å². The molecule has 0 bridgehead atoms. The summed E-state index contributed by atoms with van der Waals surface area (Å²) in [4.78, 5) is 10.8. The van der Waals surface area contributed by atoms with Crippen molar-refractivity contribution in [2.24, 2.45) is 5.92 Å². The molecule has 0 spiro atoms. The molecule has 0 aliphatic rings. The second-order valence-electron chi connectivity index (χ2n) is 2.81. The monoisotopic (exact) mass is 144 g/mol. The first-order valence-corrected chi connectivity index (χ1v) is 3.77. The summed E-state index contributed by atoms with van der Waals surface area (Å²) in [5.41, 5.74) is 0. The minimum absolute atomic E-state index is 0.104. The molecular weight excluding hydrogens is 128 g/mol. The van der Waals surface area contributed by atoms with Crippen LogP contribution in [0.15, 0.2) is 0 Å². The Labute approximate surface area is 62.2 Å². The van der Waals surface area contributed by atoms with E-state index in [9.17, 15) is 4.79 Å². The largest absolute Gasteiger partial charge is 0.393 e. The highest BCUT2D eigenvalue weighted by molar-refractivity contribution is 5.78. The number of aliphatic hydroxyl groups excluding tert-OH is 1. The lowest BCUT2D eigenvalue weighted by Gasteiger charge is -2.12. The maximum atomic E-state index is 10.8. The van der Waals surface area contributed by atoms with Crippen LogP contribution in [0.1, 0.15) is 33.6 Å². The van der Waals surface area contributed by atoms with Crippen molar-refractivity contribution in [1.82, 2.24) is 0 Å². The van der Waals surface area contributed by atoms with Gasteiger partial charge in [0.05, 0.1) is 6.10 Å². The van der Waals surface area contributed by atoms with Crippen molar-refractivity contribution < 1.29 is 9.90 Å². The summed E-state index contributed by atoms with van der Waals surface area (Å²) in [6, 6.07) is 0. The van der Waals surface area contributed by atoms with E-state index in [1.165, 1.54) is 0 Å². The number of carbonyl (C=O) groups is 1. The number of hydrogen-bond donors (Lipinski definition) is 1. The lowest BCUT2D eigenvalue weighted by Crippen LogP contribution is -2.16. The van der Waals surface area contributed by atoms with Crippen molar-refractivity contribution in [2.45, 2.75) is 39.7 Å². The second-order valence-corrected chi connectivity index (χ2v) is 2.81. The minimum Gasteiger partial charge on any atom is -0.393 e. The Kier molecular flexibility index (Phi) is 4.28. The van der Waals surface area contributed by atoms with Gasteiger partial charge in [0, 0.05) is 12.8 Å². The summed E-state index contributed by atoms with van der Waals surface area (Å²) >= 11 is 0. The van der Waals surface area contributed by atoms with Gasteiger partial charge in [-0.15, -0.1) is 0 Å². The Bertz CT molecular complexity index is 108. The zero-order valence-electron chi connectivity index (χ0n) is 6.92. The first-order chi connectivity index (χ1) is 4.57. The molecule has 0 saturated heterocycles. The smallest absolute Gasteiger partial charge is 0.133 e. The van der Waals surface area contributed by atoms with Crippen molar-refractivity contribution >= 4 is 5.78 Å². The van der Waals surface area contributed by atoms with Crippen molar-refractivity contribution in [3.8, 4) is 0 Å². The highest BCUT2D eigenvalue weighted by Gasteiger charge is 2.11. The SMILES string of the molecule is CCC(=O)C[C@@H](C)[C@H](C)O. The van der Waals surface area contributed by atoms with Crippen LogP contribution in [-0.2, 0) is 4.79 Å². The Morgan fingerprint density at radius 2 is 2.00 bits per heavy atom. The Hall–Kier alpha value is -0.370. The van der Waals surface area contributed by atoms with Gasteiger partial charge in [-0.2, -0.15) is 0 Å². The second kappa shape index (κ2) is 4.45. The predicted molar refractivity (Wildman–Crippen MR) is 40.8 cm³/mol. The Morgan fingerprint density at radius 3 is 2.30 bits per heavy atom. The summed E-state index contributed by atoms with van der Waals surface area (Å²) in [6.45, 7) is 5.45. The molecule has 0 unspecified atom stereocenters. The lowest BCUT2D eigenvalue weighted by atomic mass is 9.99. The third-order valence-corrected chi connectivity index (χ3v) is 1.77. The summed E-state index contributed by atoms with van der Waals surface area (Å²) in [5.74, 6) is 0.334. The van der Waals surface area contributed by atoms with Gasteiger partial charge in [0.1, 0.15) is 5.78 Å². The average Bonchev–Trinajstić information content (AvgIpc) is 1.87. The van der Waals surface area contributed by atoms with Gasteiger partial charge in [-0.3, -0.25) is 4.79 Å². The quantitative estimate of drug-likeness (QED) is 0.647. The van der Waals surface area contributed by atoms with Crippen molar-refractivity contribution in [2.75, 3.05) is 0 Å². The van der Waals surface area contributed by atoms with E-state index in [1.807, 2.05) is 13.8 Å². The van der Waals surface area contributed by atoms with E-state index in [2.05, 4.69) is 0 Å². The molecule has 2 heteroatoms. The van der Waals surface area contributed by atoms with E-state index < -0.39 is 0 Å². The third-order valence-electron chi connectivity index (χ3n) is 1.77. The minimum atomic E-state index is -0.365. The summed E-state index contributed by atoms with van der Waals surface area (Å²) in [6.07, 6.45) is 0.723. The van der Waals surface area contributed by atoms with Gasteiger partial charge in [-0.25, -0.2) is 0 Å². The third kappa shape index (κ3) is 3.62. The number of hydrogen-bond acceptors (Lipinski definition) is 2. The van der Waals surface area contributed by atoms with Crippen LogP contribution in [0.25, 0.3) is 0 Å². The highest BCUT2D eigenvalue weighted by Crippen LogP contribution is 2.08. The van der Waals surface area contributed by atoms with Crippen molar-refractivity contribution in [1.29, 1.82) is 0 Å². The van der Waals surface area contributed by atoms with E-state index in [1.54, 1.807) is 6.92 Å². The zero-order chi connectivity index (χ0) is 8.15. The number of ketones is 1. The summed E-state index contributed by atoms with van der Waals surface area (Å²) in [5, 5.41) is 9.01. The van der Waals surface area contributed by atoms with Crippen LogP contribution < -0.4 is 0 Å². The number of Topliss-reactive ketones (excluding diaryl/α,β-unsaturated/α-hetero) is 1. The highest BCUT2D eigenvalue weighted by atomic mass is 16.3. The van der Waals surface area contributed by atoms with Gasteiger partial charge in [-0.05, 0) is 12.8 Å². The standard InChI is InChI=1S/C8H16O2/c1-4-8(10)5-6(2)7(3)9/h6-7,9H,4-5H2,1-3H3/t6-,7+/m1/s1. The van der Waals surface area contributed by atoms with Gasteiger partial charge < -0.3 is 5.11 Å². The van der Waals surface area contributed by atoms with Crippen molar-refractivity contribution in [3.63, 3.8) is 0 Å². The molecule has 0 rings (SSSR count). The number of carbonyl (C=O) groups excluding carboxylic acids is 1. The normalized spacial score (nSPS) is 16.4. The lowest BCUT2D eigenvalue weighted by molar-refractivity contribution is -0.120. The molecule has 0 heterocycles. The molecule has 0 amide bonds. The molecule has 0 radical (unpaired) electrons. The molecule has 0 aliphatic carbocycles. The van der Waals surface area contributed by atoms with Crippen LogP contribution in [0, 0.1) is 5.92 Å². The van der Waals surface area contributed by atoms with Crippen LogP contribution in [0.5, 0.6) is 0 Å². The number of aliphatic hydroxyl groups is 1.